The van der Waals surface area contributed by atoms with Crippen molar-refractivity contribution in [2.24, 2.45) is 0 Å². The summed E-state index contributed by atoms with van der Waals surface area (Å²) < 4.78 is 30.3. The molecule has 5 nitrogen and oxygen atoms in total. The summed E-state index contributed by atoms with van der Waals surface area (Å²) in [6.45, 7) is 4.31. The van der Waals surface area contributed by atoms with E-state index in [9.17, 15) is 13.2 Å². The van der Waals surface area contributed by atoms with E-state index in [-0.39, 0.29) is 5.97 Å². The smallest absolute Gasteiger partial charge is 0.305 e. The van der Waals surface area contributed by atoms with Crippen molar-refractivity contribution in [3.8, 4) is 11.8 Å². The third-order valence-corrected chi connectivity index (χ3v) is 4.57. The molecule has 0 aliphatic carbocycles. The number of hydrogen-bond acceptors (Lipinski definition) is 4. The molecule has 0 amide bonds. The van der Waals surface area contributed by atoms with Gasteiger partial charge in [-0.2, -0.15) is 0 Å². The van der Waals surface area contributed by atoms with Crippen LogP contribution in [0.3, 0.4) is 0 Å². The first-order valence-electron chi connectivity index (χ1n) is 8.04. The maximum atomic E-state index is 12.0. The number of benzene rings is 1. The zero-order valence-electron chi connectivity index (χ0n) is 14.5. The summed E-state index contributed by atoms with van der Waals surface area (Å²) in [5.41, 5.74) is 1.48. The van der Waals surface area contributed by atoms with Gasteiger partial charge in [-0.3, -0.25) is 9.10 Å². The van der Waals surface area contributed by atoms with Crippen LogP contribution in [0.5, 0.6) is 0 Å². The molecule has 0 heterocycles. The van der Waals surface area contributed by atoms with Crippen LogP contribution in [0.15, 0.2) is 24.3 Å². The van der Waals surface area contributed by atoms with E-state index < -0.39 is 10.0 Å². The lowest BCUT2D eigenvalue weighted by atomic mass is 10.2. The summed E-state index contributed by atoms with van der Waals surface area (Å²) in [4.78, 5) is 11.3. The molecular formula is C18H25NO4S. The van der Waals surface area contributed by atoms with E-state index in [0.29, 0.717) is 38.1 Å². The standard InChI is InChI=1S/C18H25NO4S/c1-4-9-16-11-13-17(14-12-16)19(24(3,21)22)15-8-6-7-10-18(20)23-5-2/h11-14H,5-8,10,15H2,1-3H3. The minimum Gasteiger partial charge on any atom is -0.466 e. The fourth-order valence-corrected chi connectivity index (χ4v) is 3.24. The summed E-state index contributed by atoms with van der Waals surface area (Å²) in [5, 5.41) is 0. The number of unbranched alkanes of at least 4 members (excludes halogenated alkanes) is 2. The normalized spacial score (nSPS) is 10.6. The van der Waals surface area contributed by atoms with Crippen molar-refractivity contribution in [3.05, 3.63) is 29.8 Å². The molecule has 0 spiro atoms. The highest BCUT2D eigenvalue weighted by atomic mass is 32.2. The van der Waals surface area contributed by atoms with Gasteiger partial charge in [0.05, 0.1) is 18.6 Å². The van der Waals surface area contributed by atoms with Gasteiger partial charge in [-0.25, -0.2) is 8.42 Å². The number of ether oxygens (including phenoxy) is 1. The number of sulfonamides is 1. The summed E-state index contributed by atoms with van der Waals surface area (Å²) >= 11 is 0. The van der Waals surface area contributed by atoms with Crippen LogP contribution in [0.25, 0.3) is 0 Å². The molecule has 0 unspecified atom stereocenters. The number of carbonyl (C=O) groups is 1. The van der Waals surface area contributed by atoms with Crippen LogP contribution in [0.1, 0.15) is 45.1 Å². The first kappa shape index (κ1) is 20.0. The summed E-state index contributed by atoms with van der Waals surface area (Å²) in [7, 11) is -3.35. The van der Waals surface area contributed by atoms with Crippen LogP contribution in [-0.4, -0.2) is 33.8 Å². The molecule has 1 rings (SSSR count). The molecule has 0 saturated heterocycles. The SMILES string of the molecule is CC#Cc1ccc(N(CCCCCC(=O)OCC)S(C)(=O)=O)cc1. The number of esters is 1. The Kier molecular flexibility index (Phi) is 8.34. The van der Waals surface area contributed by atoms with Crippen molar-refractivity contribution < 1.29 is 17.9 Å². The van der Waals surface area contributed by atoms with Crippen LogP contribution >= 0.6 is 0 Å². The Balaban J connectivity index is 2.60. The number of carbonyl (C=O) groups excluding carboxylic acids is 1. The van der Waals surface area contributed by atoms with Crippen molar-refractivity contribution in [1.29, 1.82) is 0 Å². The molecule has 1 aromatic rings. The molecule has 0 fully saturated rings. The molecule has 6 heteroatoms. The highest BCUT2D eigenvalue weighted by Crippen LogP contribution is 2.19. The molecule has 0 aromatic heterocycles. The Hall–Kier alpha value is -2.00. The van der Waals surface area contributed by atoms with E-state index >= 15 is 0 Å². The first-order valence-corrected chi connectivity index (χ1v) is 9.89. The third-order valence-electron chi connectivity index (χ3n) is 3.37. The van der Waals surface area contributed by atoms with Gasteiger partial charge in [0.25, 0.3) is 0 Å². The molecule has 132 valence electrons. The van der Waals surface area contributed by atoms with E-state index in [1.807, 2.05) is 12.1 Å². The lowest BCUT2D eigenvalue weighted by Crippen LogP contribution is -2.30. The molecule has 0 saturated carbocycles. The van der Waals surface area contributed by atoms with Crippen LogP contribution in [0.4, 0.5) is 5.69 Å². The fraction of sp³-hybridized carbons (Fsp3) is 0.500. The molecule has 0 radical (unpaired) electrons. The lowest BCUT2D eigenvalue weighted by Gasteiger charge is -2.22. The third kappa shape index (κ3) is 7.05. The number of rotatable bonds is 9. The van der Waals surface area contributed by atoms with Gasteiger partial charge >= 0.3 is 5.97 Å². The van der Waals surface area contributed by atoms with Crippen LogP contribution in [-0.2, 0) is 19.6 Å². The van der Waals surface area contributed by atoms with Gasteiger partial charge in [0.2, 0.25) is 10.0 Å². The van der Waals surface area contributed by atoms with E-state index in [2.05, 4.69) is 11.8 Å². The molecule has 24 heavy (non-hydrogen) atoms. The van der Waals surface area contributed by atoms with E-state index in [4.69, 9.17) is 4.74 Å². The zero-order chi connectivity index (χ0) is 18.0. The monoisotopic (exact) mass is 351 g/mol. The quantitative estimate of drug-likeness (QED) is 0.390. The maximum Gasteiger partial charge on any atom is 0.305 e. The van der Waals surface area contributed by atoms with Crippen molar-refractivity contribution >= 4 is 21.7 Å². The van der Waals surface area contributed by atoms with Crippen molar-refractivity contribution in [3.63, 3.8) is 0 Å². The average Bonchev–Trinajstić information content (AvgIpc) is 2.51. The molecular weight excluding hydrogens is 326 g/mol. The predicted molar refractivity (Wildman–Crippen MR) is 96.3 cm³/mol. The van der Waals surface area contributed by atoms with E-state index in [1.54, 1.807) is 26.0 Å². The van der Waals surface area contributed by atoms with Gasteiger partial charge in [0.15, 0.2) is 0 Å². The van der Waals surface area contributed by atoms with Crippen molar-refractivity contribution in [2.75, 3.05) is 23.7 Å². The van der Waals surface area contributed by atoms with Gasteiger partial charge in [-0.15, -0.1) is 5.92 Å². The number of anilines is 1. The van der Waals surface area contributed by atoms with Gasteiger partial charge < -0.3 is 4.74 Å². The topological polar surface area (TPSA) is 63.7 Å². The molecule has 0 aliphatic rings. The highest BCUT2D eigenvalue weighted by molar-refractivity contribution is 7.92. The zero-order valence-corrected chi connectivity index (χ0v) is 15.4. The fourth-order valence-electron chi connectivity index (χ4n) is 2.28. The van der Waals surface area contributed by atoms with Crippen LogP contribution < -0.4 is 4.31 Å². The first-order chi connectivity index (χ1) is 11.4. The Morgan fingerprint density at radius 3 is 2.38 bits per heavy atom. The maximum absolute atomic E-state index is 12.0. The Morgan fingerprint density at radius 2 is 1.83 bits per heavy atom. The predicted octanol–water partition coefficient (Wildman–Crippen LogP) is 2.95. The summed E-state index contributed by atoms with van der Waals surface area (Å²) in [6.07, 6.45) is 3.72. The van der Waals surface area contributed by atoms with E-state index in [0.717, 1.165) is 12.0 Å². The molecule has 0 atom stereocenters. The Morgan fingerprint density at radius 1 is 1.17 bits per heavy atom. The number of nitrogens with zero attached hydrogens (tertiary/aromatic N) is 1. The minimum atomic E-state index is -3.35. The lowest BCUT2D eigenvalue weighted by molar-refractivity contribution is -0.143. The number of hydrogen-bond donors (Lipinski definition) is 0. The Bertz CT molecular complexity index is 684. The Labute approximate surface area is 145 Å². The van der Waals surface area contributed by atoms with Crippen molar-refractivity contribution in [2.45, 2.75) is 39.5 Å². The highest BCUT2D eigenvalue weighted by Gasteiger charge is 2.16. The van der Waals surface area contributed by atoms with Crippen LogP contribution in [0.2, 0.25) is 0 Å². The van der Waals surface area contributed by atoms with E-state index in [1.165, 1.54) is 10.6 Å². The minimum absolute atomic E-state index is 0.204. The second-order valence-electron chi connectivity index (χ2n) is 5.37. The van der Waals surface area contributed by atoms with Crippen LogP contribution in [0, 0.1) is 11.8 Å². The largest absolute Gasteiger partial charge is 0.466 e. The molecule has 0 aliphatic heterocycles. The average molecular weight is 351 g/mol. The van der Waals surface area contributed by atoms with Gasteiger partial charge in [-0.1, -0.05) is 12.3 Å². The second-order valence-corrected chi connectivity index (χ2v) is 7.28. The molecule has 1 aromatic carbocycles. The van der Waals surface area contributed by atoms with Gasteiger partial charge in [-0.05, 0) is 51.0 Å². The molecule has 0 bridgehead atoms. The van der Waals surface area contributed by atoms with Crippen molar-refractivity contribution in [1.82, 2.24) is 0 Å². The molecule has 0 N–H and O–H groups in total. The van der Waals surface area contributed by atoms with Gasteiger partial charge in [0.1, 0.15) is 0 Å². The van der Waals surface area contributed by atoms with Gasteiger partial charge in [0, 0.05) is 18.5 Å². The second kappa shape index (κ2) is 9.99. The summed E-state index contributed by atoms with van der Waals surface area (Å²) in [5.74, 6) is 5.54. The summed E-state index contributed by atoms with van der Waals surface area (Å²) in [6, 6.07) is 7.15.